The molecular weight excluding hydrogens is 169 g/mol. The summed E-state index contributed by atoms with van der Waals surface area (Å²) in [5.74, 6) is 0. The monoisotopic (exact) mass is 177 g/mol. The molecule has 0 fully saturated rings. The first-order valence-electron chi connectivity index (χ1n) is 3.71. The SMILES string of the molecule is Bc1ccc2nc(OC)sc2c1. The largest absolute Gasteiger partial charge is 0.473 e. The summed E-state index contributed by atoms with van der Waals surface area (Å²) in [5.41, 5.74) is 2.27. The summed E-state index contributed by atoms with van der Waals surface area (Å²) in [6.45, 7) is 0. The van der Waals surface area contributed by atoms with Crippen LogP contribution < -0.4 is 10.2 Å². The number of thiazole rings is 1. The number of nitrogens with zero attached hydrogens (tertiary/aromatic N) is 1. The van der Waals surface area contributed by atoms with Gasteiger partial charge in [-0.25, -0.2) is 4.98 Å². The van der Waals surface area contributed by atoms with Crippen LogP contribution in [-0.2, 0) is 0 Å². The lowest BCUT2D eigenvalue weighted by Crippen LogP contribution is -1.98. The van der Waals surface area contributed by atoms with Crippen LogP contribution in [0.25, 0.3) is 10.2 Å². The fourth-order valence-corrected chi connectivity index (χ4v) is 1.98. The van der Waals surface area contributed by atoms with Gasteiger partial charge in [0.1, 0.15) is 7.85 Å². The highest BCUT2D eigenvalue weighted by molar-refractivity contribution is 7.20. The summed E-state index contributed by atoms with van der Waals surface area (Å²) in [5, 5.41) is 0.732. The van der Waals surface area contributed by atoms with Gasteiger partial charge in [-0.15, -0.1) is 0 Å². The first kappa shape index (κ1) is 7.62. The van der Waals surface area contributed by atoms with Gasteiger partial charge in [0.25, 0.3) is 5.19 Å². The topological polar surface area (TPSA) is 22.1 Å². The Morgan fingerprint density at radius 2 is 2.33 bits per heavy atom. The number of hydrogen-bond donors (Lipinski definition) is 0. The summed E-state index contributed by atoms with van der Waals surface area (Å²) in [4.78, 5) is 4.27. The van der Waals surface area contributed by atoms with E-state index >= 15 is 0 Å². The average molecular weight is 177 g/mol. The lowest BCUT2D eigenvalue weighted by Gasteiger charge is -1.88. The summed E-state index contributed by atoms with van der Waals surface area (Å²) in [6, 6.07) is 6.20. The fraction of sp³-hybridized carbons (Fsp3) is 0.125. The lowest BCUT2D eigenvalue weighted by molar-refractivity contribution is 0.413. The van der Waals surface area contributed by atoms with E-state index in [0.717, 1.165) is 10.7 Å². The fourth-order valence-electron chi connectivity index (χ4n) is 1.10. The van der Waals surface area contributed by atoms with Crippen molar-refractivity contribution in [2.24, 2.45) is 0 Å². The molecule has 2 aromatic rings. The molecule has 2 nitrogen and oxygen atoms in total. The van der Waals surface area contributed by atoms with E-state index in [-0.39, 0.29) is 0 Å². The normalized spacial score (nSPS) is 10.4. The molecule has 0 radical (unpaired) electrons. The van der Waals surface area contributed by atoms with Crippen LogP contribution in [0.3, 0.4) is 0 Å². The Morgan fingerprint density at radius 1 is 1.50 bits per heavy atom. The highest BCUT2D eigenvalue weighted by Gasteiger charge is 2.01. The third kappa shape index (κ3) is 1.18. The number of hydrogen-bond acceptors (Lipinski definition) is 3. The van der Waals surface area contributed by atoms with Gasteiger partial charge in [0.2, 0.25) is 0 Å². The van der Waals surface area contributed by atoms with Crippen LogP contribution in [0.2, 0.25) is 0 Å². The molecule has 4 heteroatoms. The van der Waals surface area contributed by atoms with Crippen molar-refractivity contribution in [3.8, 4) is 5.19 Å². The van der Waals surface area contributed by atoms with E-state index < -0.39 is 0 Å². The van der Waals surface area contributed by atoms with E-state index in [2.05, 4.69) is 25.0 Å². The number of ether oxygens (including phenoxy) is 1. The van der Waals surface area contributed by atoms with Crippen LogP contribution in [-0.4, -0.2) is 19.9 Å². The summed E-state index contributed by atoms with van der Waals surface area (Å²) < 4.78 is 6.23. The molecule has 0 aliphatic rings. The number of benzene rings is 1. The van der Waals surface area contributed by atoms with Gasteiger partial charge in [-0.2, -0.15) is 0 Å². The van der Waals surface area contributed by atoms with Crippen LogP contribution in [0.1, 0.15) is 0 Å². The van der Waals surface area contributed by atoms with Crippen LogP contribution >= 0.6 is 11.3 Å². The van der Waals surface area contributed by atoms with E-state index in [4.69, 9.17) is 4.74 Å². The van der Waals surface area contributed by atoms with Crippen molar-refractivity contribution in [3.05, 3.63) is 18.2 Å². The zero-order valence-corrected chi connectivity index (χ0v) is 7.81. The van der Waals surface area contributed by atoms with Gasteiger partial charge in [0.15, 0.2) is 0 Å². The number of fused-ring (bicyclic) bond motifs is 1. The molecule has 1 aromatic heterocycles. The molecule has 12 heavy (non-hydrogen) atoms. The molecule has 1 aromatic carbocycles. The van der Waals surface area contributed by atoms with Crippen molar-refractivity contribution in [2.45, 2.75) is 0 Å². The zero-order chi connectivity index (χ0) is 8.55. The molecule has 0 unspecified atom stereocenters. The molecular formula is C8H8BNOS. The Balaban J connectivity index is 2.67. The van der Waals surface area contributed by atoms with E-state index in [9.17, 15) is 0 Å². The lowest BCUT2D eigenvalue weighted by atomic mass is 9.97. The van der Waals surface area contributed by atoms with Crippen LogP contribution in [0.15, 0.2) is 18.2 Å². The first-order valence-corrected chi connectivity index (χ1v) is 4.52. The third-order valence-corrected chi connectivity index (χ3v) is 2.68. The van der Waals surface area contributed by atoms with Gasteiger partial charge >= 0.3 is 0 Å². The smallest absolute Gasteiger partial charge is 0.274 e. The molecule has 0 amide bonds. The molecule has 0 saturated carbocycles. The van der Waals surface area contributed by atoms with Crippen molar-refractivity contribution in [1.29, 1.82) is 0 Å². The molecule has 1 heterocycles. The van der Waals surface area contributed by atoms with E-state index in [1.165, 1.54) is 10.2 Å². The molecule has 0 aliphatic heterocycles. The van der Waals surface area contributed by atoms with Crippen molar-refractivity contribution >= 4 is 34.9 Å². The second kappa shape index (κ2) is 2.79. The van der Waals surface area contributed by atoms with E-state index in [1.54, 1.807) is 18.4 Å². The minimum absolute atomic E-state index is 0.732. The predicted molar refractivity (Wildman–Crippen MR) is 54.4 cm³/mol. The Hall–Kier alpha value is -1.03. The van der Waals surface area contributed by atoms with E-state index in [0.29, 0.717) is 0 Å². The van der Waals surface area contributed by atoms with Crippen LogP contribution in [0, 0.1) is 0 Å². The van der Waals surface area contributed by atoms with E-state index in [1.807, 2.05) is 6.07 Å². The van der Waals surface area contributed by atoms with Gasteiger partial charge in [0.05, 0.1) is 17.3 Å². The van der Waals surface area contributed by atoms with Crippen molar-refractivity contribution < 1.29 is 4.74 Å². The molecule has 0 aliphatic carbocycles. The average Bonchev–Trinajstić information content (AvgIpc) is 2.46. The Labute approximate surface area is 75.6 Å². The van der Waals surface area contributed by atoms with Gasteiger partial charge in [-0.3, -0.25) is 0 Å². The van der Waals surface area contributed by atoms with Gasteiger partial charge in [-0.1, -0.05) is 22.9 Å². The minimum atomic E-state index is 0.732. The van der Waals surface area contributed by atoms with Crippen molar-refractivity contribution in [3.63, 3.8) is 0 Å². The van der Waals surface area contributed by atoms with Crippen LogP contribution in [0.4, 0.5) is 0 Å². The highest BCUT2D eigenvalue weighted by atomic mass is 32.1. The number of aromatic nitrogens is 1. The standard InChI is InChI=1S/C8H8BNOS/c1-11-8-10-6-3-2-5(9)4-7(6)12-8/h2-4H,9H2,1H3. The zero-order valence-electron chi connectivity index (χ0n) is 7.00. The maximum absolute atomic E-state index is 5.05. The second-order valence-electron chi connectivity index (χ2n) is 2.66. The molecule has 0 N–H and O–H groups in total. The Bertz CT molecular complexity index is 412. The maximum Gasteiger partial charge on any atom is 0.274 e. The predicted octanol–water partition coefficient (Wildman–Crippen LogP) is 0.563. The van der Waals surface area contributed by atoms with Crippen molar-refractivity contribution in [1.82, 2.24) is 4.98 Å². The molecule has 60 valence electrons. The minimum Gasteiger partial charge on any atom is -0.473 e. The number of methoxy groups -OCH3 is 1. The molecule has 0 atom stereocenters. The van der Waals surface area contributed by atoms with Gasteiger partial charge < -0.3 is 4.74 Å². The summed E-state index contributed by atoms with van der Waals surface area (Å²) in [6.07, 6.45) is 0. The van der Waals surface area contributed by atoms with Crippen LogP contribution in [0.5, 0.6) is 5.19 Å². The highest BCUT2D eigenvalue weighted by Crippen LogP contribution is 2.25. The molecule has 2 rings (SSSR count). The van der Waals surface area contributed by atoms with Crippen molar-refractivity contribution in [2.75, 3.05) is 7.11 Å². The first-order chi connectivity index (χ1) is 5.79. The second-order valence-corrected chi connectivity index (χ2v) is 3.65. The third-order valence-electron chi connectivity index (χ3n) is 1.70. The summed E-state index contributed by atoms with van der Waals surface area (Å²) >= 11 is 1.58. The summed E-state index contributed by atoms with van der Waals surface area (Å²) in [7, 11) is 3.72. The molecule has 0 spiro atoms. The van der Waals surface area contributed by atoms with Gasteiger partial charge in [-0.05, 0) is 12.1 Å². The van der Waals surface area contributed by atoms with Gasteiger partial charge in [0, 0.05) is 0 Å². The Kier molecular flexibility index (Phi) is 1.77. The molecule has 0 saturated heterocycles. The quantitative estimate of drug-likeness (QED) is 0.594. The Morgan fingerprint density at radius 3 is 3.08 bits per heavy atom. The number of rotatable bonds is 1. The molecule has 0 bridgehead atoms. The maximum atomic E-state index is 5.05.